The number of aromatic nitrogens is 1. The van der Waals surface area contributed by atoms with Gasteiger partial charge in [0.25, 0.3) is 5.91 Å². The molecule has 1 aliphatic heterocycles. The van der Waals surface area contributed by atoms with E-state index in [0.717, 1.165) is 36.4 Å². The van der Waals surface area contributed by atoms with Crippen LogP contribution in [-0.2, 0) is 6.42 Å². The summed E-state index contributed by atoms with van der Waals surface area (Å²) in [5.41, 5.74) is 6.12. The van der Waals surface area contributed by atoms with Gasteiger partial charge in [0.2, 0.25) is 0 Å². The molecule has 1 amide bonds. The number of nitrogens with two attached hydrogens (primary N) is 1. The summed E-state index contributed by atoms with van der Waals surface area (Å²) in [7, 11) is 0. The van der Waals surface area contributed by atoms with Gasteiger partial charge in [-0.3, -0.25) is 4.79 Å². The van der Waals surface area contributed by atoms with Crippen LogP contribution in [0, 0.1) is 11.8 Å². The summed E-state index contributed by atoms with van der Waals surface area (Å²) in [6.07, 6.45) is 4.70. The van der Waals surface area contributed by atoms with Crippen molar-refractivity contribution in [3.63, 3.8) is 0 Å². The van der Waals surface area contributed by atoms with Gasteiger partial charge in [0, 0.05) is 24.9 Å². The minimum absolute atomic E-state index is 0. The highest BCUT2D eigenvalue weighted by molar-refractivity contribution is 7.09. The minimum atomic E-state index is 0. The Balaban J connectivity index is 0.00000133. The molecule has 1 saturated carbocycles. The molecule has 0 aromatic carbocycles. The summed E-state index contributed by atoms with van der Waals surface area (Å²) in [6, 6.07) is 0. The van der Waals surface area contributed by atoms with Crippen molar-refractivity contribution >= 4 is 29.7 Å². The summed E-state index contributed by atoms with van der Waals surface area (Å²) in [4.78, 5) is 18.7. The first kappa shape index (κ1) is 14.8. The first-order chi connectivity index (χ1) is 8.78. The first-order valence-electron chi connectivity index (χ1n) is 6.71. The van der Waals surface area contributed by atoms with Gasteiger partial charge in [-0.15, -0.1) is 23.7 Å². The average molecular weight is 302 g/mol. The van der Waals surface area contributed by atoms with Crippen LogP contribution < -0.4 is 5.73 Å². The van der Waals surface area contributed by atoms with E-state index in [1.165, 1.54) is 19.3 Å². The Morgan fingerprint density at radius 2 is 2.11 bits per heavy atom. The normalized spacial score (nSPS) is 25.2. The molecule has 1 aromatic rings. The number of fused-ring (bicyclic) bond motifs is 1. The van der Waals surface area contributed by atoms with Crippen molar-refractivity contribution in [3.05, 3.63) is 16.1 Å². The van der Waals surface area contributed by atoms with Gasteiger partial charge in [0.15, 0.2) is 0 Å². The molecule has 106 valence electrons. The molecule has 2 atom stereocenters. The van der Waals surface area contributed by atoms with Crippen molar-refractivity contribution in [1.29, 1.82) is 0 Å². The van der Waals surface area contributed by atoms with E-state index in [4.69, 9.17) is 5.73 Å². The maximum atomic E-state index is 12.3. The minimum Gasteiger partial charge on any atom is -0.337 e. The smallest absolute Gasteiger partial charge is 0.273 e. The third-order valence-electron chi connectivity index (χ3n) is 4.14. The molecule has 2 fully saturated rings. The highest BCUT2D eigenvalue weighted by Gasteiger charge is 2.38. The molecule has 1 saturated heterocycles. The fourth-order valence-corrected chi connectivity index (χ4v) is 4.00. The maximum Gasteiger partial charge on any atom is 0.273 e. The highest BCUT2D eigenvalue weighted by Crippen LogP contribution is 2.38. The van der Waals surface area contributed by atoms with Crippen molar-refractivity contribution in [1.82, 2.24) is 9.88 Å². The zero-order chi connectivity index (χ0) is 12.5. The van der Waals surface area contributed by atoms with E-state index >= 15 is 0 Å². The Morgan fingerprint density at radius 1 is 1.42 bits per heavy atom. The molecule has 4 nitrogen and oxygen atoms in total. The fourth-order valence-electron chi connectivity index (χ4n) is 3.21. The molecular formula is C13H20ClN3OS. The molecule has 0 radical (unpaired) electrons. The summed E-state index contributed by atoms with van der Waals surface area (Å²) in [6.45, 7) is 2.47. The van der Waals surface area contributed by atoms with Gasteiger partial charge < -0.3 is 10.6 Å². The van der Waals surface area contributed by atoms with Crippen LogP contribution in [0.15, 0.2) is 5.38 Å². The number of likely N-dealkylation sites (tertiary alicyclic amines) is 1. The largest absolute Gasteiger partial charge is 0.337 e. The number of nitrogens with zero attached hydrogens (tertiary/aromatic N) is 2. The quantitative estimate of drug-likeness (QED) is 0.928. The number of thiazole rings is 1. The van der Waals surface area contributed by atoms with Crippen molar-refractivity contribution in [3.8, 4) is 0 Å². The van der Waals surface area contributed by atoms with Gasteiger partial charge in [0.05, 0.1) is 5.01 Å². The predicted octanol–water partition coefficient (Wildman–Crippen LogP) is 1.94. The van der Waals surface area contributed by atoms with Gasteiger partial charge in [-0.1, -0.05) is 6.42 Å². The lowest BCUT2D eigenvalue weighted by Crippen LogP contribution is -2.29. The van der Waals surface area contributed by atoms with Gasteiger partial charge in [-0.25, -0.2) is 4.98 Å². The van der Waals surface area contributed by atoms with Gasteiger partial charge in [-0.05, 0) is 31.2 Å². The third kappa shape index (κ3) is 2.93. The van der Waals surface area contributed by atoms with Crippen LogP contribution in [0.4, 0.5) is 0 Å². The molecule has 2 aliphatic rings. The summed E-state index contributed by atoms with van der Waals surface area (Å²) < 4.78 is 0. The molecule has 1 aliphatic carbocycles. The van der Waals surface area contributed by atoms with Crippen LogP contribution in [0.2, 0.25) is 0 Å². The number of halogens is 1. The molecule has 2 N–H and O–H groups in total. The zero-order valence-electron chi connectivity index (χ0n) is 10.9. The topological polar surface area (TPSA) is 59.2 Å². The molecule has 2 unspecified atom stereocenters. The molecule has 2 heterocycles. The summed E-state index contributed by atoms with van der Waals surface area (Å²) in [5.74, 6) is 1.61. The first-order valence-corrected chi connectivity index (χ1v) is 7.59. The van der Waals surface area contributed by atoms with Crippen LogP contribution in [0.5, 0.6) is 0 Å². The number of hydrogen-bond donors (Lipinski definition) is 1. The zero-order valence-corrected chi connectivity index (χ0v) is 12.5. The van der Waals surface area contributed by atoms with Crippen LogP contribution >= 0.6 is 23.7 Å². The third-order valence-corrected chi connectivity index (χ3v) is 5.05. The Labute approximate surface area is 123 Å². The van der Waals surface area contributed by atoms with E-state index in [9.17, 15) is 4.79 Å². The van der Waals surface area contributed by atoms with E-state index in [0.29, 0.717) is 12.2 Å². The lowest BCUT2D eigenvalue weighted by Gasteiger charge is -2.15. The molecule has 19 heavy (non-hydrogen) atoms. The fraction of sp³-hybridized carbons (Fsp3) is 0.692. The maximum absolute atomic E-state index is 12.3. The molecule has 1 aromatic heterocycles. The second kappa shape index (κ2) is 6.20. The predicted molar refractivity (Wildman–Crippen MR) is 78.9 cm³/mol. The van der Waals surface area contributed by atoms with E-state index < -0.39 is 0 Å². The summed E-state index contributed by atoms with van der Waals surface area (Å²) in [5, 5.41) is 2.85. The van der Waals surface area contributed by atoms with Crippen LogP contribution in [0.1, 0.15) is 34.8 Å². The monoisotopic (exact) mass is 301 g/mol. The summed E-state index contributed by atoms with van der Waals surface area (Å²) >= 11 is 1.54. The second-order valence-electron chi connectivity index (χ2n) is 5.33. The molecule has 3 rings (SSSR count). The number of rotatable bonds is 3. The average Bonchev–Trinajstić information content (AvgIpc) is 3.02. The number of hydrogen-bond acceptors (Lipinski definition) is 4. The van der Waals surface area contributed by atoms with Crippen LogP contribution in [0.25, 0.3) is 0 Å². The van der Waals surface area contributed by atoms with E-state index in [1.807, 2.05) is 10.3 Å². The standard InChI is InChI=1S/C13H19N3OS.ClH/c14-5-4-12-15-11(8-18-12)13(17)16-6-9-2-1-3-10(9)7-16;/h8-10H,1-7,14H2;1H. The van der Waals surface area contributed by atoms with Crippen LogP contribution in [0.3, 0.4) is 0 Å². The molecule has 0 bridgehead atoms. The Bertz CT molecular complexity index is 439. The lowest BCUT2D eigenvalue weighted by atomic mass is 10.0. The molecular weight excluding hydrogens is 282 g/mol. The Hall–Kier alpha value is -0.650. The van der Waals surface area contributed by atoms with E-state index in [-0.39, 0.29) is 18.3 Å². The number of carbonyl (C=O) groups is 1. The van der Waals surface area contributed by atoms with E-state index in [2.05, 4.69) is 4.98 Å². The Morgan fingerprint density at radius 3 is 2.74 bits per heavy atom. The Kier molecular flexibility index (Phi) is 4.81. The van der Waals surface area contributed by atoms with Crippen molar-refractivity contribution < 1.29 is 4.79 Å². The van der Waals surface area contributed by atoms with E-state index in [1.54, 1.807) is 11.3 Å². The van der Waals surface area contributed by atoms with Gasteiger partial charge in [-0.2, -0.15) is 0 Å². The second-order valence-corrected chi connectivity index (χ2v) is 6.27. The van der Waals surface area contributed by atoms with Crippen LogP contribution in [-0.4, -0.2) is 35.4 Å². The number of carbonyl (C=O) groups excluding carboxylic acids is 1. The van der Waals surface area contributed by atoms with Crippen molar-refractivity contribution in [2.24, 2.45) is 17.6 Å². The molecule has 6 heteroatoms. The SMILES string of the molecule is Cl.NCCc1nc(C(=O)N2CC3CCCC3C2)cs1. The molecule has 0 spiro atoms. The van der Waals surface area contributed by atoms with Crippen molar-refractivity contribution in [2.45, 2.75) is 25.7 Å². The number of amides is 1. The highest BCUT2D eigenvalue weighted by atomic mass is 35.5. The van der Waals surface area contributed by atoms with Gasteiger partial charge >= 0.3 is 0 Å². The van der Waals surface area contributed by atoms with Gasteiger partial charge in [0.1, 0.15) is 5.69 Å². The van der Waals surface area contributed by atoms with Crippen molar-refractivity contribution in [2.75, 3.05) is 19.6 Å². The lowest BCUT2D eigenvalue weighted by molar-refractivity contribution is 0.0775.